The molecule has 10 heteroatoms. The average Bonchev–Trinajstić information content (AvgIpc) is 3.77. The van der Waals surface area contributed by atoms with Crippen LogP contribution in [0.15, 0.2) is 36.7 Å². The van der Waals surface area contributed by atoms with Gasteiger partial charge < -0.3 is 14.6 Å². The minimum Gasteiger partial charge on any atom is -0.379 e. The number of anilines is 1. The highest BCUT2D eigenvalue weighted by molar-refractivity contribution is 6.03. The van der Waals surface area contributed by atoms with Crippen molar-refractivity contribution in [2.24, 2.45) is 12.5 Å². The Labute approximate surface area is 221 Å². The SMILES string of the molecule is Cn1cnnc1CC1(c2cccc(NC(=O)c3cc(CN4CCC5(CC5)C4)nc(C4CC4)n3)c2)COC1.F. The van der Waals surface area contributed by atoms with Crippen molar-refractivity contribution in [2.45, 2.75) is 56.4 Å². The Kier molecular flexibility index (Phi) is 6.26. The van der Waals surface area contributed by atoms with Crippen LogP contribution < -0.4 is 5.32 Å². The summed E-state index contributed by atoms with van der Waals surface area (Å²) >= 11 is 0. The Balaban J connectivity index is 0.00000264. The van der Waals surface area contributed by atoms with Crippen LogP contribution in [0.25, 0.3) is 0 Å². The Bertz CT molecular complexity index is 1350. The molecule has 0 unspecified atom stereocenters. The van der Waals surface area contributed by atoms with Crippen LogP contribution in [0.1, 0.15) is 71.4 Å². The molecule has 4 aliphatic rings. The second-order valence-corrected chi connectivity index (χ2v) is 11.7. The van der Waals surface area contributed by atoms with Crippen molar-refractivity contribution in [3.63, 3.8) is 0 Å². The van der Waals surface area contributed by atoms with Gasteiger partial charge in [-0.25, -0.2) is 9.97 Å². The predicted octanol–water partition coefficient (Wildman–Crippen LogP) is 3.38. The number of aromatic nitrogens is 5. The normalized spacial score (nSPS) is 21.1. The lowest BCUT2D eigenvalue weighted by molar-refractivity contribution is -0.0610. The van der Waals surface area contributed by atoms with Crippen molar-refractivity contribution in [1.82, 2.24) is 29.6 Å². The Morgan fingerprint density at radius 2 is 2.00 bits per heavy atom. The van der Waals surface area contributed by atoms with Gasteiger partial charge in [-0.2, -0.15) is 0 Å². The maximum atomic E-state index is 13.4. The van der Waals surface area contributed by atoms with Gasteiger partial charge in [0.1, 0.15) is 23.7 Å². The number of carbonyl (C=O) groups excluding carboxylic acids is 1. The van der Waals surface area contributed by atoms with E-state index in [0.717, 1.165) is 67.5 Å². The van der Waals surface area contributed by atoms with Crippen LogP contribution in [-0.2, 0) is 30.2 Å². The van der Waals surface area contributed by atoms with Crippen LogP contribution in [0, 0.1) is 5.41 Å². The van der Waals surface area contributed by atoms with Gasteiger partial charge in [0.2, 0.25) is 0 Å². The summed E-state index contributed by atoms with van der Waals surface area (Å²) in [7, 11) is 1.96. The molecule has 1 spiro atoms. The Morgan fingerprint density at radius 1 is 1.16 bits per heavy atom. The molecular weight excluding hydrogens is 485 g/mol. The monoisotopic (exact) mass is 519 g/mol. The number of benzene rings is 1. The fourth-order valence-corrected chi connectivity index (χ4v) is 5.83. The summed E-state index contributed by atoms with van der Waals surface area (Å²) in [6.45, 7) is 4.31. The number of nitrogens with one attached hydrogen (secondary N) is 1. The van der Waals surface area contributed by atoms with E-state index in [0.29, 0.717) is 30.2 Å². The molecule has 0 radical (unpaired) electrons. The molecule has 9 nitrogen and oxygen atoms in total. The molecule has 0 atom stereocenters. The number of carbonyl (C=O) groups is 1. The zero-order valence-electron chi connectivity index (χ0n) is 21.7. The quantitative estimate of drug-likeness (QED) is 0.487. The molecule has 38 heavy (non-hydrogen) atoms. The summed E-state index contributed by atoms with van der Waals surface area (Å²) in [5, 5.41) is 11.4. The van der Waals surface area contributed by atoms with E-state index in [-0.39, 0.29) is 16.0 Å². The van der Waals surface area contributed by atoms with Gasteiger partial charge in [-0.05, 0) is 67.8 Å². The van der Waals surface area contributed by atoms with Crippen LogP contribution in [-0.4, -0.2) is 61.8 Å². The molecular formula is C28H34FN7O2. The maximum Gasteiger partial charge on any atom is 0.274 e. The van der Waals surface area contributed by atoms with Gasteiger partial charge in [-0.3, -0.25) is 14.4 Å². The first kappa shape index (κ1) is 25.1. The van der Waals surface area contributed by atoms with Crippen molar-refractivity contribution in [3.8, 4) is 0 Å². The molecule has 2 aliphatic heterocycles. The molecule has 200 valence electrons. The summed E-state index contributed by atoms with van der Waals surface area (Å²) in [4.78, 5) is 25.4. The number of aryl methyl sites for hydroxylation is 1. The average molecular weight is 520 g/mol. The van der Waals surface area contributed by atoms with Crippen LogP contribution in [0.5, 0.6) is 0 Å². The number of nitrogens with zero attached hydrogens (tertiary/aromatic N) is 6. The van der Waals surface area contributed by atoms with Gasteiger partial charge >= 0.3 is 0 Å². The van der Waals surface area contributed by atoms with E-state index in [1.54, 1.807) is 6.33 Å². The van der Waals surface area contributed by atoms with E-state index in [1.165, 1.54) is 19.3 Å². The number of hydrogen-bond acceptors (Lipinski definition) is 7. The van der Waals surface area contributed by atoms with Crippen molar-refractivity contribution in [2.75, 3.05) is 31.6 Å². The number of likely N-dealkylation sites (tertiary alicyclic amines) is 1. The second-order valence-electron chi connectivity index (χ2n) is 11.7. The van der Waals surface area contributed by atoms with E-state index < -0.39 is 0 Å². The van der Waals surface area contributed by atoms with Crippen molar-refractivity contribution < 1.29 is 14.2 Å². The number of hydrogen-bond donors (Lipinski definition) is 1. The van der Waals surface area contributed by atoms with E-state index in [9.17, 15) is 4.79 Å². The molecule has 4 heterocycles. The molecule has 1 aromatic carbocycles. The van der Waals surface area contributed by atoms with Gasteiger partial charge in [-0.1, -0.05) is 12.1 Å². The molecule has 1 N–H and O–H groups in total. The van der Waals surface area contributed by atoms with Crippen LogP contribution >= 0.6 is 0 Å². The summed E-state index contributed by atoms with van der Waals surface area (Å²) in [6, 6.07) is 9.97. The van der Waals surface area contributed by atoms with Crippen LogP contribution in [0.3, 0.4) is 0 Å². The van der Waals surface area contributed by atoms with Gasteiger partial charge in [-0.15, -0.1) is 10.2 Å². The van der Waals surface area contributed by atoms with Crippen molar-refractivity contribution in [1.29, 1.82) is 0 Å². The summed E-state index contributed by atoms with van der Waals surface area (Å²) in [5.74, 6) is 1.95. The first-order chi connectivity index (χ1) is 18.0. The van der Waals surface area contributed by atoms with E-state index in [2.05, 4.69) is 37.5 Å². The summed E-state index contributed by atoms with van der Waals surface area (Å²) in [6.07, 6.45) is 8.68. The molecule has 7 rings (SSSR count). The number of halogens is 1. The Hall–Kier alpha value is -3.24. The van der Waals surface area contributed by atoms with Gasteiger partial charge in [0.05, 0.1) is 18.9 Å². The Morgan fingerprint density at radius 3 is 2.66 bits per heavy atom. The second kappa shape index (κ2) is 9.50. The summed E-state index contributed by atoms with van der Waals surface area (Å²) < 4.78 is 7.58. The van der Waals surface area contributed by atoms with Crippen molar-refractivity contribution in [3.05, 3.63) is 65.3 Å². The maximum absolute atomic E-state index is 13.4. The fraction of sp³-hybridized carbons (Fsp3) is 0.536. The standard InChI is InChI=1S/C28H33N7O2.FH/c1-34-18-29-33-24(34)13-28(16-37-17-28)20-3-2-4-21(11-20)31-26(36)23-12-22(30-25(32-23)19-5-6-19)14-35-10-9-27(15-35)7-8-27;/h2-4,11-12,18-19H,5-10,13-17H2,1H3,(H,31,36);1H. The molecule has 4 fully saturated rings. The molecule has 2 saturated carbocycles. The molecule has 1 amide bonds. The highest BCUT2D eigenvalue weighted by atomic mass is 19.0. The van der Waals surface area contributed by atoms with Crippen LogP contribution in [0.4, 0.5) is 10.4 Å². The van der Waals surface area contributed by atoms with E-state index >= 15 is 0 Å². The topological polar surface area (TPSA) is 98.1 Å². The number of amides is 1. The number of ether oxygens (including phenoxy) is 1. The third kappa shape index (κ3) is 4.82. The highest BCUT2D eigenvalue weighted by Gasteiger charge is 2.47. The summed E-state index contributed by atoms with van der Waals surface area (Å²) in [5.41, 5.74) is 3.71. The highest BCUT2D eigenvalue weighted by Crippen LogP contribution is 2.52. The zero-order chi connectivity index (χ0) is 25.0. The first-order valence-electron chi connectivity index (χ1n) is 13.4. The third-order valence-corrected chi connectivity index (χ3v) is 8.62. The molecule has 2 saturated heterocycles. The minimum atomic E-state index is -0.185. The van der Waals surface area contributed by atoms with Gasteiger partial charge in [0, 0.05) is 43.6 Å². The van der Waals surface area contributed by atoms with E-state index in [1.807, 2.05) is 29.8 Å². The van der Waals surface area contributed by atoms with Gasteiger partial charge in [0.15, 0.2) is 0 Å². The lowest BCUT2D eigenvalue weighted by atomic mass is 9.75. The predicted molar refractivity (Wildman–Crippen MR) is 140 cm³/mol. The lowest BCUT2D eigenvalue weighted by Crippen LogP contribution is -2.49. The van der Waals surface area contributed by atoms with Gasteiger partial charge in [0.25, 0.3) is 5.91 Å². The largest absolute Gasteiger partial charge is 0.379 e. The molecule has 0 bridgehead atoms. The molecule has 3 aromatic rings. The molecule has 2 aromatic heterocycles. The minimum absolute atomic E-state index is 0. The number of rotatable bonds is 8. The van der Waals surface area contributed by atoms with Crippen molar-refractivity contribution >= 4 is 11.6 Å². The van der Waals surface area contributed by atoms with E-state index in [4.69, 9.17) is 9.72 Å². The fourth-order valence-electron chi connectivity index (χ4n) is 5.83. The zero-order valence-corrected chi connectivity index (χ0v) is 21.7. The lowest BCUT2D eigenvalue weighted by Gasteiger charge is -2.41. The third-order valence-electron chi connectivity index (χ3n) is 8.62. The smallest absolute Gasteiger partial charge is 0.274 e. The molecule has 2 aliphatic carbocycles. The first-order valence-corrected chi connectivity index (χ1v) is 13.4. The van der Waals surface area contributed by atoms with Crippen LogP contribution in [0.2, 0.25) is 0 Å².